The Labute approximate surface area is 155 Å². The van der Waals surface area contributed by atoms with Gasteiger partial charge >= 0.3 is 0 Å². The van der Waals surface area contributed by atoms with Crippen molar-refractivity contribution in [2.45, 2.75) is 5.92 Å². The molecule has 2 aromatic rings. The van der Waals surface area contributed by atoms with Crippen LogP contribution in [-0.4, -0.2) is 57.7 Å². The van der Waals surface area contributed by atoms with Crippen molar-refractivity contribution in [2.24, 2.45) is 0 Å². The summed E-state index contributed by atoms with van der Waals surface area (Å²) in [6.45, 7) is 4.45. The molecule has 1 amide bonds. The van der Waals surface area contributed by atoms with E-state index in [1.165, 1.54) is 0 Å². The maximum atomic E-state index is 12.4. The van der Waals surface area contributed by atoms with Crippen LogP contribution < -0.4 is 15.0 Å². The molecule has 1 unspecified atom stereocenters. The van der Waals surface area contributed by atoms with E-state index in [1.54, 1.807) is 14.2 Å². The minimum atomic E-state index is -0.140. The molecule has 1 fully saturated rings. The number of ether oxygens (including phenoxy) is 1. The second-order valence-corrected chi connectivity index (χ2v) is 6.54. The molecule has 5 heteroatoms. The Morgan fingerprint density at radius 3 is 2.35 bits per heavy atom. The quantitative estimate of drug-likeness (QED) is 0.866. The first kappa shape index (κ1) is 18.3. The van der Waals surface area contributed by atoms with E-state index in [2.05, 4.69) is 21.2 Å². The van der Waals surface area contributed by atoms with Gasteiger partial charge < -0.3 is 15.0 Å². The fraction of sp³-hybridized carbons (Fsp3) is 0.381. The lowest BCUT2D eigenvalue weighted by Gasteiger charge is -2.37. The van der Waals surface area contributed by atoms with Crippen LogP contribution in [-0.2, 0) is 4.79 Å². The van der Waals surface area contributed by atoms with Gasteiger partial charge in [0.2, 0.25) is 5.91 Å². The van der Waals surface area contributed by atoms with Crippen LogP contribution in [0.5, 0.6) is 5.75 Å². The Hall–Kier alpha value is -2.53. The van der Waals surface area contributed by atoms with Crippen molar-refractivity contribution in [1.82, 2.24) is 10.2 Å². The summed E-state index contributed by atoms with van der Waals surface area (Å²) in [6.07, 6.45) is 0. The average Bonchev–Trinajstić information content (AvgIpc) is 2.72. The number of likely N-dealkylation sites (N-methyl/N-ethyl adjacent to an activating group) is 1. The normalized spacial score (nSPS) is 16.2. The van der Waals surface area contributed by atoms with Gasteiger partial charge in [0, 0.05) is 39.8 Å². The van der Waals surface area contributed by atoms with Gasteiger partial charge in [-0.05, 0) is 17.7 Å². The molecule has 26 heavy (non-hydrogen) atoms. The lowest BCUT2D eigenvalue weighted by atomic mass is 9.97. The molecular formula is C21H27N3O2. The van der Waals surface area contributed by atoms with E-state index in [-0.39, 0.29) is 11.8 Å². The number of para-hydroxylation sites is 2. The zero-order valence-electron chi connectivity index (χ0n) is 15.5. The lowest BCUT2D eigenvalue weighted by Crippen LogP contribution is -2.48. The highest BCUT2D eigenvalue weighted by atomic mass is 16.5. The summed E-state index contributed by atoms with van der Waals surface area (Å²) >= 11 is 0. The van der Waals surface area contributed by atoms with E-state index < -0.39 is 0 Å². The molecule has 1 atom stereocenters. The second kappa shape index (κ2) is 8.72. The third kappa shape index (κ3) is 4.17. The molecule has 1 heterocycles. The molecule has 1 aliphatic rings. The van der Waals surface area contributed by atoms with Gasteiger partial charge in [-0.2, -0.15) is 0 Å². The van der Waals surface area contributed by atoms with Crippen LogP contribution in [0.25, 0.3) is 0 Å². The Morgan fingerprint density at radius 1 is 1.04 bits per heavy atom. The molecule has 1 N–H and O–H groups in total. The van der Waals surface area contributed by atoms with Crippen molar-refractivity contribution >= 4 is 11.6 Å². The molecule has 0 saturated carbocycles. The lowest BCUT2D eigenvalue weighted by molar-refractivity contribution is -0.122. The Balaban J connectivity index is 1.64. The van der Waals surface area contributed by atoms with E-state index in [0.717, 1.165) is 49.7 Å². The highest BCUT2D eigenvalue weighted by molar-refractivity contribution is 5.83. The predicted molar refractivity (Wildman–Crippen MR) is 105 cm³/mol. The summed E-state index contributed by atoms with van der Waals surface area (Å²) in [5, 5.41) is 2.81. The number of amides is 1. The average molecular weight is 353 g/mol. The van der Waals surface area contributed by atoms with Gasteiger partial charge in [0.15, 0.2) is 0 Å². The topological polar surface area (TPSA) is 44.8 Å². The maximum absolute atomic E-state index is 12.4. The number of anilines is 1. The number of carbonyl (C=O) groups excluding carboxylic acids is 1. The smallest absolute Gasteiger partial charge is 0.228 e. The summed E-state index contributed by atoms with van der Waals surface area (Å²) < 4.78 is 5.49. The molecule has 0 spiro atoms. The summed E-state index contributed by atoms with van der Waals surface area (Å²) in [4.78, 5) is 17.1. The largest absolute Gasteiger partial charge is 0.495 e. The fourth-order valence-electron chi connectivity index (χ4n) is 3.52. The van der Waals surface area contributed by atoms with Gasteiger partial charge in [-0.15, -0.1) is 0 Å². The number of nitrogens with one attached hydrogen (secondary N) is 1. The summed E-state index contributed by atoms with van der Waals surface area (Å²) in [5.41, 5.74) is 2.21. The third-order valence-corrected chi connectivity index (χ3v) is 5.00. The molecule has 0 radical (unpaired) electrons. The molecule has 1 aliphatic heterocycles. The highest BCUT2D eigenvalue weighted by Crippen LogP contribution is 2.28. The van der Waals surface area contributed by atoms with Crippen molar-refractivity contribution in [3.05, 3.63) is 60.2 Å². The predicted octanol–water partition coefficient (Wildman–Crippen LogP) is 2.35. The number of hydrogen-bond donors (Lipinski definition) is 1. The second-order valence-electron chi connectivity index (χ2n) is 6.54. The van der Waals surface area contributed by atoms with Crippen molar-refractivity contribution in [3.63, 3.8) is 0 Å². The number of rotatable bonds is 6. The van der Waals surface area contributed by atoms with Gasteiger partial charge in [0.05, 0.1) is 18.7 Å². The first-order chi connectivity index (χ1) is 12.7. The summed E-state index contributed by atoms with van der Waals surface area (Å²) in [5.74, 6) is 0.843. The van der Waals surface area contributed by atoms with Crippen molar-refractivity contribution in [3.8, 4) is 5.75 Å². The van der Waals surface area contributed by atoms with Crippen LogP contribution in [0, 0.1) is 0 Å². The van der Waals surface area contributed by atoms with Gasteiger partial charge in [0.25, 0.3) is 0 Å². The molecule has 3 rings (SSSR count). The van der Waals surface area contributed by atoms with Crippen LogP contribution in [0.1, 0.15) is 11.5 Å². The van der Waals surface area contributed by atoms with E-state index in [4.69, 9.17) is 4.74 Å². The van der Waals surface area contributed by atoms with Crippen molar-refractivity contribution in [2.75, 3.05) is 51.8 Å². The van der Waals surface area contributed by atoms with Crippen molar-refractivity contribution in [1.29, 1.82) is 0 Å². The van der Waals surface area contributed by atoms with Crippen molar-refractivity contribution < 1.29 is 9.53 Å². The van der Waals surface area contributed by atoms with Gasteiger partial charge in [-0.25, -0.2) is 0 Å². The number of hydrogen-bond acceptors (Lipinski definition) is 4. The molecule has 1 saturated heterocycles. The third-order valence-electron chi connectivity index (χ3n) is 5.00. The number of nitrogens with zero attached hydrogens (tertiary/aromatic N) is 2. The van der Waals surface area contributed by atoms with Gasteiger partial charge in [0.1, 0.15) is 5.75 Å². The molecular weight excluding hydrogens is 326 g/mol. The van der Waals surface area contributed by atoms with Crippen LogP contribution in [0.4, 0.5) is 5.69 Å². The monoisotopic (exact) mass is 353 g/mol. The van der Waals surface area contributed by atoms with Gasteiger partial charge in [-0.1, -0.05) is 42.5 Å². The van der Waals surface area contributed by atoms with Crippen LogP contribution in [0.2, 0.25) is 0 Å². The van der Waals surface area contributed by atoms with E-state index in [9.17, 15) is 4.79 Å². The van der Waals surface area contributed by atoms with E-state index in [1.807, 2.05) is 48.5 Å². The zero-order valence-corrected chi connectivity index (χ0v) is 15.5. The molecule has 0 aliphatic carbocycles. The summed E-state index contributed by atoms with van der Waals surface area (Å²) in [7, 11) is 3.42. The Kier molecular flexibility index (Phi) is 6.12. The summed E-state index contributed by atoms with van der Waals surface area (Å²) in [6, 6.07) is 18.2. The number of methoxy groups -OCH3 is 1. The SMILES string of the molecule is CNC(=O)C(CN1CCN(c2ccccc2OC)CC1)c1ccccc1. The molecule has 0 bridgehead atoms. The van der Waals surface area contributed by atoms with Gasteiger partial charge in [-0.3, -0.25) is 9.69 Å². The standard InChI is InChI=1S/C21H27N3O2/c1-22-21(25)18(17-8-4-3-5-9-17)16-23-12-14-24(15-13-23)19-10-6-7-11-20(19)26-2/h3-11,18H,12-16H2,1-2H3,(H,22,25). The maximum Gasteiger partial charge on any atom is 0.228 e. The minimum absolute atomic E-state index is 0.0726. The van der Waals surface area contributed by atoms with Crippen LogP contribution in [0.15, 0.2) is 54.6 Å². The van der Waals surface area contributed by atoms with Crippen LogP contribution in [0.3, 0.4) is 0 Å². The Bertz CT molecular complexity index is 712. The first-order valence-corrected chi connectivity index (χ1v) is 9.09. The number of carbonyl (C=O) groups is 1. The number of piperazine rings is 1. The molecule has 5 nitrogen and oxygen atoms in total. The minimum Gasteiger partial charge on any atom is -0.495 e. The highest BCUT2D eigenvalue weighted by Gasteiger charge is 2.26. The van der Waals surface area contributed by atoms with Crippen LogP contribution >= 0.6 is 0 Å². The zero-order chi connectivity index (χ0) is 18.4. The molecule has 138 valence electrons. The first-order valence-electron chi connectivity index (χ1n) is 9.09. The van der Waals surface area contributed by atoms with E-state index in [0.29, 0.717) is 0 Å². The Morgan fingerprint density at radius 2 is 1.69 bits per heavy atom. The van der Waals surface area contributed by atoms with E-state index >= 15 is 0 Å². The molecule has 0 aromatic heterocycles. The number of benzene rings is 2. The fourth-order valence-corrected chi connectivity index (χ4v) is 3.52. The molecule has 2 aromatic carbocycles.